The number of nitrogen functional groups attached to an aromatic ring is 1. The van der Waals surface area contributed by atoms with Gasteiger partial charge in [0.25, 0.3) is 0 Å². The molecule has 0 saturated carbocycles. The van der Waals surface area contributed by atoms with Crippen molar-refractivity contribution in [2.75, 3.05) is 12.3 Å². The van der Waals surface area contributed by atoms with Crippen molar-refractivity contribution in [3.8, 4) is 11.8 Å². The monoisotopic (exact) mass is 440 g/mol. The van der Waals surface area contributed by atoms with E-state index in [0.717, 1.165) is 6.42 Å². The molecule has 2 aromatic heterocycles. The molecule has 0 radical (unpaired) electrons. The molecule has 5 rings (SSSR count). The Balaban J connectivity index is 1.47. The quantitative estimate of drug-likeness (QED) is 0.498. The van der Waals surface area contributed by atoms with E-state index in [2.05, 4.69) is 26.9 Å². The largest absolute Gasteiger partial charge is 0.381 e. The molecule has 0 amide bonds. The van der Waals surface area contributed by atoms with Crippen LogP contribution in [0.4, 0.5) is 19.0 Å². The third-order valence-electron chi connectivity index (χ3n) is 5.75. The van der Waals surface area contributed by atoms with Gasteiger partial charge in [0, 0.05) is 30.3 Å². The summed E-state index contributed by atoms with van der Waals surface area (Å²) in [6.07, 6.45) is 8.06. The van der Waals surface area contributed by atoms with Gasteiger partial charge >= 0.3 is 0 Å². The first-order valence-electron chi connectivity index (χ1n) is 10.1. The number of hydrogen-bond acceptors (Lipinski definition) is 6. The predicted molar refractivity (Wildman–Crippen MR) is 110 cm³/mol. The normalized spacial score (nSPS) is 23.0. The van der Waals surface area contributed by atoms with Crippen LogP contribution < -0.4 is 5.73 Å². The second-order valence-electron chi connectivity index (χ2n) is 7.72. The number of nitrogens with zero attached hydrogens (tertiary/aromatic N) is 5. The number of benzene rings is 1. The maximum Gasteiger partial charge on any atom is 0.198 e. The van der Waals surface area contributed by atoms with Crippen LogP contribution in [0.3, 0.4) is 0 Å². The highest BCUT2D eigenvalue weighted by Gasteiger charge is 2.38. The van der Waals surface area contributed by atoms with E-state index in [4.69, 9.17) is 10.5 Å². The van der Waals surface area contributed by atoms with Gasteiger partial charge in [0.05, 0.1) is 24.9 Å². The first kappa shape index (κ1) is 20.5. The summed E-state index contributed by atoms with van der Waals surface area (Å²) in [7, 11) is 0. The fourth-order valence-electron chi connectivity index (χ4n) is 4.25. The van der Waals surface area contributed by atoms with E-state index >= 15 is 0 Å². The minimum atomic E-state index is -0.952. The Morgan fingerprint density at radius 1 is 1.19 bits per heavy atom. The molecule has 0 spiro atoms. The zero-order chi connectivity index (χ0) is 22.2. The average molecular weight is 440 g/mol. The number of aromatic nitrogens is 4. The Morgan fingerprint density at radius 3 is 2.75 bits per heavy atom. The van der Waals surface area contributed by atoms with E-state index in [-0.39, 0.29) is 36.1 Å². The lowest BCUT2D eigenvalue weighted by Gasteiger charge is -2.31. The van der Waals surface area contributed by atoms with Crippen molar-refractivity contribution in [3.05, 3.63) is 65.5 Å². The molecule has 3 atom stereocenters. The third kappa shape index (κ3) is 3.81. The van der Waals surface area contributed by atoms with Crippen LogP contribution in [0.2, 0.25) is 0 Å². The Labute approximate surface area is 181 Å². The molecule has 2 aliphatic heterocycles. The van der Waals surface area contributed by atoms with Crippen LogP contribution in [0.25, 0.3) is 5.65 Å². The number of rotatable bonds is 3. The molecule has 0 bridgehead atoms. The fourth-order valence-corrected chi connectivity index (χ4v) is 4.25. The summed E-state index contributed by atoms with van der Waals surface area (Å²) in [6.45, 7) is 0.430. The molecule has 7 nitrogen and oxygen atoms in total. The second kappa shape index (κ2) is 8.26. The molecule has 2 aliphatic rings. The summed E-state index contributed by atoms with van der Waals surface area (Å²) >= 11 is 0. The van der Waals surface area contributed by atoms with Gasteiger partial charge in [-0.1, -0.05) is 18.1 Å². The van der Waals surface area contributed by atoms with Gasteiger partial charge in [0.15, 0.2) is 11.5 Å². The number of fused-ring (bicyclic) bond motifs is 1. The van der Waals surface area contributed by atoms with Gasteiger partial charge in [0.1, 0.15) is 29.5 Å². The second-order valence-corrected chi connectivity index (χ2v) is 7.72. The van der Waals surface area contributed by atoms with Crippen LogP contribution in [0, 0.1) is 29.3 Å². The molecule has 1 fully saturated rings. The number of hydrogen-bond donors (Lipinski definition) is 1. The summed E-state index contributed by atoms with van der Waals surface area (Å²) < 4.78 is 49.4. The molecule has 3 aromatic rings. The molecular weight excluding hydrogens is 421 g/mol. The number of likely N-dealkylation sites (tertiary alicyclic amines) is 1. The topological polar surface area (TPSA) is 81.6 Å². The number of anilines is 1. The van der Waals surface area contributed by atoms with Crippen molar-refractivity contribution in [1.29, 1.82) is 0 Å². The van der Waals surface area contributed by atoms with E-state index in [9.17, 15) is 13.2 Å². The van der Waals surface area contributed by atoms with E-state index in [1.807, 2.05) is 17.1 Å². The highest BCUT2D eigenvalue weighted by atomic mass is 19.1. The van der Waals surface area contributed by atoms with Crippen LogP contribution in [0.1, 0.15) is 24.1 Å². The van der Waals surface area contributed by atoms with Crippen molar-refractivity contribution in [2.45, 2.75) is 37.6 Å². The molecule has 0 aliphatic carbocycles. The molecule has 10 heteroatoms. The molecule has 1 saturated heterocycles. The summed E-state index contributed by atoms with van der Waals surface area (Å²) in [4.78, 5) is 10.2. The van der Waals surface area contributed by atoms with E-state index in [1.165, 1.54) is 10.8 Å². The molecule has 4 heterocycles. The Bertz CT molecular complexity index is 1240. The number of halogens is 3. The Hall–Kier alpha value is -3.42. The molecular formula is C22H19F3N6O. The summed E-state index contributed by atoms with van der Waals surface area (Å²) in [5, 5.41) is 4.05. The zero-order valence-corrected chi connectivity index (χ0v) is 16.9. The highest BCUT2D eigenvalue weighted by Crippen LogP contribution is 2.32. The van der Waals surface area contributed by atoms with Crippen molar-refractivity contribution in [3.63, 3.8) is 0 Å². The lowest BCUT2D eigenvalue weighted by atomic mass is 10.1. The van der Waals surface area contributed by atoms with Crippen molar-refractivity contribution >= 4 is 11.5 Å². The van der Waals surface area contributed by atoms with Gasteiger partial charge in [-0.25, -0.2) is 27.7 Å². The highest BCUT2D eigenvalue weighted by molar-refractivity contribution is 5.59. The van der Waals surface area contributed by atoms with Gasteiger partial charge in [0.2, 0.25) is 0 Å². The van der Waals surface area contributed by atoms with E-state index in [0.29, 0.717) is 36.5 Å². The number of nitrogens with two attached hydrogens (primary N) is 1. The Kier molecular flexibility index (Phi) is 5.28. The average Bonchev–Trinajstić information content (AvgIpc) is 3.49. The molecule has 32 heavy (non-hydrogen) atoms. The molecule has 2 N–H and O–H groups in total. The molecule has 164 valence electrons. The maximum absolute atomic E-state index is 14.4. The summed E-state index contributed by atoms with van der Waals surface area (Å²) in [5.74, 6) is 3.56. The first-order chi connectivity index (χ1) is 15.5. The molecule has 3 unspecified atom stereocenters. The van der Waals surface area contributed by atoms with Crippen LogP contribution in [-0.4, -0.2) is 49.3 Å². The lowest BCUT2D eigenvalue weighted by molar-refractivity contribution is 0.0470. The van der Waals surface area contributed by atoms with Crippen molar-refractivity contribution in [1.82, 2.24) is 24.5 Å². The van der Waals surface area contributed by atoms with Gasteiger partial charge in [-0.15, -0.1) is 0 Å². The van der Waals surface area contributed by atoms with Gasteiger partial charge in [-0.3, -0.25) is 4.90 Å². The van der Waals surface area contributed by atoms with E-state index < -0.39 is 17.5 Å². The van der Waals surface area contributed by atoms with Gasteiger partial charge < -0.3 is 10.5 Å². The minimum absolute atomic E-state index is 0.0622. The minimum Gasteiger partial charge on any atom is -0.381 e. The van der Waals surface area contributed by atoms with Gasteiger partial charge in [-0.2, -0.15) is 5.10 Å². The molecule has 1 aromatic carbocycles. The standard InChI is InChI=1S/C22H19F3N6O/c23-13-8-17(24)16(18(25)9-13)11-30-15(5-6-19(30)20-2-1-7-32-20)4-3-14-10-31-22(21(26)29-14)27-12-28-31/h1-2,8-10,12,15,19-20H,5-7,11H2,(H2,26,29). The number of ether oxygens (including phenoxy) is 1. The predicted octanol–water partition coefficient (Wildman–Crippen LogP) is 2.46. The van der Waals surface area contributed by atoms with Gasteiger partial charge in [-0.05, 0) is 18.8 Å². The van der Waals surface area contributed by atoms with Crippen LogP contribution in [-0.2, 0) is 11.3 Å². The maximum atomic E-state index is 14.4. The van der Waals surface area contributed by atoms with Crippen molar-refractivity contribution < 1.29 is 17.9 Å². The smallest absolute Gasteiger partial charge is 0.198 e. The summed E-state index contributed by atoms with van der Waals surface area (Å²) in [5.41, 5.74) is 6.56. The van der Waals surface area contributed by atoms with Crippen LogP contribution in [0.5, 0.6) is 0 Å². The third-order valence-corrected chi connectivity index (χ3v) is 5.75. The van der Waals surface area contributed by atoms with E-state index in [1.54, 1.807) is 6.20 Å². The summed E-state index contributed by atoms with van der Waals surface area (Å²) in [6, 6.07) is 0.954. The first-order valence-corrected chi connectivity index (χ1v) is 10.1. The zero-order valence-electron chi connectivity index (χ0n) is 16.9. The lowest BCUT2D eigenvalue weighted by Crippen LogP contribution is -2.42. The Morgan fingerprint density at radius 2 is 2.00 bits per heavy atom. The van der Waals surface area contributed by atoms with Crippen LogP contribution >= 0.6 is 0 Å². The van der Waals surface area contributed by atoms with Crippen LogP contribution in [0.15, 0.2) is 36.8 Å². The fraction of sp³-hybridized carbons (Fsp3) is 0.318. The SMILES string of the molecule is Nc1nc(C#CC2CCC(C3C=CCO3)N2Cc2c(F)cc(F)cc2F)cn2ncnc12. The van der Waals surface area contributed by atoms with Crippen molar-refractivity contribution in [2.24, 2.45) is 0 Å².